The molecule has 0 atom stereocenters. The molecule has 0 aliphatic rings. The predicted molar refractivity (Wildman–Crippen MR) is 88.3 cm³/mol. The van der Waals surface area contributed by atoms with Crippen molar-refractivity contribution in [2.24, 2.45) is 0 Å². The fraction of sp³-hybridized carbons (Fsp3) is 0.188. The molecule has 0 aliphatic heterocycles. The number of carbonyl (C=O) groups is 1. The van der Waals surface area contributed by atoms with Gasteiger partial charge in [-0.3, -0.25) is 4.79 Å². The van der Waals surface area contributed by atoms with Crippen molar-refractivity contribution in [1.29, 1.82) is 0 Å². The lowest BCUT2D eigenvalue weighted by molar-refractivity contribution is 0.0964. The van der Waals surface area contributed by atoms with Gasteiger partial charge in [0.2, 0.25) is 0 Å². The Morgan fingerprint density at radius 2 is 1.76 bits per heavy atom. The van der Waals surface area contributed by atoms with Crippen LogP contribution in [0.1, 0.15) is 10.4 Å². The van der Waals surface area contributed by atoms with Crippen LogP contribution >= 0.6 is 0 Å². The molecule has 1 amide bonds. The van der Waals surface area contributed by atoms with E-state index in [0.29, 0.717) is 16.9 Å². The van der Waals surface area contributed by atoms with E-state index >= 15 is 0 Å². The van der Waals surface area contributed by atoms with Gasteiger partial charge in [0.25, 0.3) is 5.91 Å². The zero-order valence-corrected chi connectivity index (χ0v) is 12.5. The molecule has 0 saturated carbocycles. The molecule has 0 heterocycles. The van der Waals surface area contributed by atoms with E-state index in [4.69, 9.17) is 5.73 Å². The Balaban J connectivity index is 2.30. The van der Waals surface area contributed by atoms with Gasteiger partial charge in [0, 0.05) is 38.2 Å². The van der Waals surface area contributed by atoms with Crippen LogP contribution in [0.4, 0.5) is 22.7 Å². The molecule has 4 N–H and O–H groups in total. The number of nitrogens with zero attached hydrogens (tertiary/aromatic N) is 1. The first-order valence-corrected chi connectivity index (χ1v) is 6.67. The molecule has 2 aromatic rings. The minimum atomic E-state index is -0.151. The molecule has 21 heavy (non-hydrogen) atoms. The number of nitrogen functional groups attached to an aromatic ring is 1. The number of benzene rings is 2. The highest BCUT2D eigenvalue weighted by molar-refractivity contribution is 6.00. The number of nitrogens with one attached hydrogen (secondary N) is 2. The van der Waals surface area contributed by atoms with Gasteiger partial charge >= 0.3 is 0 Å². The Hall–Kier alpha value is -2.69. The number of nitrogens with two attached hydrogens (primary N) is 1. The van der Waals surface area contributed by atoms with Gasteiger partial charge in [0.1, 0.15) is 0 Å². The smallest absolute Gasteiger partial charge is 0.253 e. The minimum absolute atomic E-state index is 0.151. The van der Waals surface area contributed by atoms with Crippen LogP contribution in [0.25, 0.3) is 0 Å². The molecule has 5 heteroatoms. The normalized spacial score (nSPS) is 10.0. The molecule has 0 bridgehead atoms. The Morgan fingerprint density at radius 1 is 1.10 bits per heavy atom. The number of carbonyl (C=O) groups excluding carboxylic acids is 1. The highest BCUT2D eigenvalue weighted by Crippen LogP contribution is 2.25. The maximum atomic E-state index is 11.9. The van der Waals surface area contributed by atoms with E-state index in [2.05, 4.69) is 10.6 Å². The standard InChI is InChI=1S/C16H20N4O/c1-18-16(21)14-9-4-11(17)10-15(14)19-12-5-7-13(8-6-12)20(2)3/h4-10,19H,17H2,1-3H3,(H,18,21). The van der Waals surface area contributed by atoms with E-state index in [-0.39, 0.29) is 5.91 Å². The Bertz CT molecular complexity index is 635. The van der Waals surface area contributed by atoms with Gasteiger partial charge in [0.05, 0.1) is 11.3 Å². The molecule has 2 rings (SSSR count). The van der Waals surface area contributed by atoms with Gasteiger partial charge in [-0.1, -0.05) is 0 Å². The van der Waals surface area contributed by atoms with Crippen LogP contribution in [0, 0.1) is 0 Å². The minimum Gasteiger partial charge on any atom is -0.399 e. The van der Waals surface area contributed by atoms with Crippen molar-refractivity contribution in [3.05, 3.63) is 48.0 Å². The monoisotopic (exact) mass is 284 g/mol. The third kappa shape index (κ3) is 3.45. The highest BCUT2D eigenvalue weighted by atomic mass is 16.1. The van der Waals surface area contributed by atoms with E-state index in [9.17, 15) is 4.79 Å². The van der Waals surface area contributed by atoms with Crippen LogP contribution in [0.3, 0.4) is 0 Å². The van der Waals surface area contributed by atoms with Crippen LogP contribution in [-0.4, -0.2) is 27.1 Å². The number of hydrogen-bond donors (Lipinski definition) is 3. The molecular formula is C16H20N4O. The molecule has 0 saturated heterocycles. The van der Waals surface area contributed by atoms with Crippen LogP contribution in [0.5, 0.6) is 0 Å². The first-order chi connectivity index (χ1) is 10.0. The second-order valence-electron chi connectivity index (χ2n) is 4.95. The predicted octanol–water partition coefficient (Wildman–Crippen LogP) is 2.44. The number of anilines is 4. The van der Waals surface area contributed by atoms with Gasteiger partial charge in [-0.15, -0.1) is 0 Å². The summed E-state index contributed by atoms with van der Waals surface area (Å²) in [5.74, 6) is -0.151. The molecule has 0 radical (unpaired) electrons. The Labute approximate surface area is 124 Å². The summed E-state index contributed by atoms with van der Waals surface area (Å²) in [5.41, 5.74) is 9.67. The number of amides is 1. The van der Waals surface area contributed by atoms with E-state index in [1.165, 1.54) is 0 Å². The van der Waals surface area contributed by atoms with Crippen molar-refractivity contribution in [3.63, 3.8) is 0 Å². The Kier molecular flexibility index (Phi) is 4.33. The van der Waals surface area contributed by atoms with E-state index in [0.717, 1.165) is 11.4 Å². The molecule has 0 aromatic heterocycles. The summed E-state index contributed by atoms with van der Waals surface area (Å²) < 4.78 is 0. The molecule has 0 fully saturated rings. The summed E-state index contributed by atoms with van der Waals surface area (Å²) in [5, 5.41) is 5.86. The summed E-state index contributed by atoms with van der Waals surface area (Å²) in [6.45, 7) is 0. The summed E-state index contributed by atoms with van der Waals surface area (Å²) in [6.07, 6.45) is 0. The summed E-state index contributed by atoms with van der Waals surface area (Å²) in [4.78, 5) is 13.9. The third-order valence-electron chi connectivity index (χ3n) is 3.18. The maximum Gasteiger partial charge on any atom is 0.253 e. The lowest BCUT2D eigenvalue weighted by Crippen LogP contribution is -2.19. The van der Waals surface area contributed by atoms with Crippen LogP contribution < -0.4 is 21.3 Å². The number of rotatable bonds is 4. The molecule has 5 nitrogen and oxygen atoms in total. The average Bonchev–Trinajstić information content (AvgIpc) is 2.47. The van der Waals surface area contributed by atoms with Gasteiger partial charge in [0.15, 0.2) is 0 Å². The van der Waals surface area contributed by atoms with Crippen molar-refractivity contribution < 1.29 is 4.79 Å². The largest absolute Gasteiger partial charge is 0.399 e. The fourth-order valence-corrected chi connectivity index (χ4v) is 2.00. The molecule has 110 valence electrons. The number of hydrogen-bond acceptors (Lipinski definition) is 4. The van der Waals surface area contributed by atoms with Crippen molar-refractivity contribution in [2.75, 3.05) is 37.1 Å². The van der Waals surface area contributed by atoms with Crippen LogP contribution in [0.15, 0.2) is 42.5 Å². The first-order valence-electron chi connectivity index (χ1n) is 6.67. The molecule has 2 aromatic carbocycles. The highest BCUT2D eigenvalue weighted by Gasteiger charge is 2.10. The molecule has 0 unspecified atom stereocenters. The van der Waals surface area contributed by atoms with Crippen LogP contribution in [0.2, 0.25) is 0 Å². The summed E-state index contributed by atoms with van der Waals surface area (Å²) >= 11 is 0. The van der Waals surface area contributed by atoms with Crippen molar-refractivity contribution in [2.45, 2.75) is 0 Å². The second kappa shape index (κ2) is 6.17. The summed E-state index contributed by atoms with van der Waals surface area (Å²) in [6, 6.07) is 13.1. The molecule has 0 aliphatic carbocycles. The quantitative estimate of drug-likeness (QED) is 0.754. The van der Waals surface area contributed by atoms with E-state index < -0.39 is 0 Å². The van der Waals surface area contributed by atoms with E-state index in [1.54, 1.807) is 25.2 Å². The zero-order valence-electron chi connectivity index (χ0n) is 12.5. The topological polar surface area (TPSA) is 70.4 Å². The molecular weight excluding hydrogens is 264 g/mol. The van der Waals surface area contributed by atoms with Gasteiger partial charge < -0.3 is 21.3 Å². The summed E-state index contributed by atoms with van der Waals surface area (Å²) in [7, 11) is 5.59. The van der Waals surface area contributed by atoms with Crippen molar-refractivity contribution in [1.82, 2.24) is 5.32 Å². The van der Waals surface area contributed by atoms with Gasteiger partial charge in [-0.05, 0) is 42.5 Å². The van der Waals surface area contributed by atoms with Crippen molar-refractivity contribution >= 4 is 28.7 Å². The average molecular weight is 284 g/mol. The first kappa shape index (κ1) is 14.7. The molecule has 0 spiro atoms. The lowest BCUT2D eigenvalue weighted by atomic mass is 10.1. The third-order valence-corrected chi connectivity index (χ3v) is 3.18. The van der Waals surface area contributed by atoms with Crippen molar-refractivity contribution in [3.8, 4) is 0 Å². The zero-order chi connectivity index (χ0) is 15.4. The lowest BCUT2D eigenvalue weighted by Gasteiger charge is -2.15. The van der Waals surface area contributed by atoms with Gasteiger partial charge in [-0.2, -0.15) is 0 Å². The van der Waals surface area contributed by atoms with E-state index in [1.807, 2.05) is 43.3 Å². The SMILES string of the molecule is CNC(=O)c1ccc(N)cc1Nc1ccc(N(C)C)cc1. The Morgan fingerprint density at radius 3 is 2.33 bits per heavy atom. The second-order valence-corrected chi connectivity index (χ2v) is 4.95. The van der Waals surface area contributed by atoms with Crippen LogP contribution in [-0.2, 0) is 0 Å². The maximum absolute atomic E-state index is 11.9. The van der Waals surface area contributed by atoms with Gasteiger partial charge in [-0.25, -0.2) is 0 Å². The fourth-order valence-electron chi connectivity index (χ4n) is 2.00.